The van der Waals surface area contributed by atoms with Crippen LogP contribution in [0.4, 0.5) is 0 Å². The summed E-state index contributed by atoms with van der Waals surface area (Å²) in [6.07, 6.45) is 1.86. The third-order valence-electron chi connectivity index (χ3n) is 15.1. The van der Waals surface area contributed by atoms with E-state index in [1.165, 1.54) is 72.8 Å². The molecule has 0 spiro atoms. The fourth-order valence-electron chi connectivity index (χ4n) is 10.3. The Bertz CT molecular complexity index is 2890. The van der Waals surface area contributed by atoms with Crippen LogP contribution in [0.15, 0.2) is 72.8 Å². The minimum atomic E-state index is -0.675. The Morgan fingerprint density at radius 3 is 0.929 bits per heavy atom. The van der Waals surface area contributed by atoms with Gasteiger partial charge < -0.3 is 68.3 Å². The summed E-state index contributed by atoms with van der Waals surface area (Å²) in [5, 5.41) is 71.4. The number of hydrogen-bond acceptors (Lipinski definition) is 17. The smallest absolute Gasteiger partial charge is 0.255 e. The molecule has 3 aliphatic heterocycles. The van der Waals surface area contributed by atoms with Gasteiger partial charge in [-0.05, 0) is 61.4 Å². The lowest BCUT2D eigenvalue weighted by Crippen LogP contribution is -2.51. The second-order valence-corrected chi connectivity index (χ2v) is 20.7. The highest BCUT2D eigenvalue weighted by Crippen LogP contribution is 2.26. The number of phenols is 4. The van der Waals surface area contributed by atoms with Crippen molar-refractivity contribution < 1.29 is 63.6 Å². The van der Waals surface area contributed by atoms with Crippen molar-refractivity contribution >= 4 is 53.2 Å². The summed E-state index contributed by atoms with van der Waals surface area (Å²) < 4.78 is 0. The van der Waals surface area contributed by atoms with Crippen LogP contribution >= 0.6 is 0 Å². The zero-order valence-corrected chi connectivity index (χ0v) is 47.7. The quantitative estimate of drug-likeness (QED) is 0.111. The van der Waals surface area contributed by atoms with Crippen molar-refractivity contribution in [3.05, 3.63) is 117 Å². The molecule has 0 saturated heterocycles. The van der Waals surface area contributed by atoms with E-state index in [1.54, 1.807) is 6.92 Å². The molecule has 1 atom stereocenters. The maximum Gasteiger partial charge on any atom is 0.255 e. The van der Waals surface area contributed by atoms with Crippen LogP contribution in [-0.2, 0) is 4.79 Å². The number of para-hydroxylation sites is 4. The maximum absolute atomic E-state index is 14.0. The standard InChI is InChI=1S/C59H77N13O13/c1-2-47(73)60-18-4-3-9-38-37-71-31-23-65-56(82)43-14-5-10-39(48(43)74)52(78)61-19-27-69(28-20-62-53(79)40-11-6-15-44(49(40)75)57(83)66-24-32-71)35-36-70-29-21-63-54(80)41-12-7-16-45(50(41)76)58(84)67-25-33-72(38)34-26-68-59(85)46-17-8-13-42(51(46)77)55(81)64-22-30-70/h5-8,10-17,38,74-77H,2-4,9,18-37H2,1H3,(H,60,73)(H,61,78)(H,62,79)(H,63,80)(H,64,81)(H,65,82)(H,66,83)(H,67,84)(H,68,85). The molecule has 4 aromatic carbocycles. The minimum absolute atomic E-state index is 0.00959. The monoisotopic (exact) mass is 1180 g/mol. The molecular weight excluding hydrogens is 1100 g/mol. The van der Waals surface area contributed by atoms with Crippen molar-refractivity contribution in [2.45, 2.75) is 38.6 Å². The molecule has 456 valence electrons. The van der Waals surface area contributed by atoms with Crippen molar-refractivity contribution in [1.82, 2.24) is 67.5 Å². The zero-order chi connectivity index (χ0) is 60.8. The van der Waals surface area contributed by atoms with Gasteiger partial charge in [-0.2, -0.15) is 0 Å². The number of amides is 9. The molecule has 9 amide bonds. The fraction of sp³-hybridized carbons (Fsp3) is 0.441. The molecule has 85 heavy (non-hydrogen) atoms. The molecule has 0 fully saturated rings. The number of rotatable bonds is 6. The van der Waals surface area contributed by atoms with Crippen molar-refractivity contribution in [3.63, 3.8) is 0 Å². The van der Waals surface area contributed by atoms with Crippen LogP contribution in [0.1, 0.15) is 115 Å². The first-order chi connectivity index (χ1) is 41.0. The number of nitrogens with zero attached hydrogens (tertiary/aromatic N) is 4. The van der Waals surface area contributed by atoms with Crippen molar-refractivity contribution in [2.75, 3.05) is 131 Å². The molecule has 0 saturated carbocycles. The second kappa shape index (κ2) is 31.7. The van der Waals surface area contributed by atoms with Crippen LogP contribution in [0.5, 0.6) is 23.0 Å². The summed E-state index contributed by atoms with van der Waals surface area (Å²) in [5.74, 6) is -7.65. The van der Waals surface area contributed by atoms with E-state index in [0.717, 1.165) is 0 Å². The highest BCUT2D eigenvalue weighted by Gasteiger charge is 2.27. The molecule has 1 unspecified atom stereocenters. The molecule has 0 radical (unpaired) electrons. The summed E-state index contributed by atoms with van der Waals surface area (Å²) in [6.45, 7) is 3.99. The van der Waals surface area contributed by atoms with Crippen LogP contribution in [0.25, 0.3) is 0 Å². The van der Waals surface area contributed by atoms with E-state index in [0.29, 0.717) is 32.2 Å². The number of unbranched alkanes of at least 4 members (excludes halogenated alkanes) is 1. The number of fused-ring (bicyclic) bond motifs is 20. The lowest BCUT2D eigenvalue weighted by atomic mass is 10.1. The van der Waals surface area contributed by atoms with Gasteiger partial charge in [0.25, 0.3) is 47.3 Å². The predicted octanol–water partition coefficient (Wildman–Crippen LogP) is -0.238. The molecule has 3 aliphatic rings. The highest BCUT2D eigenvalue weighted by molar-refractivity contribution is 6.06. The van der Waals surface area contributed by atoms with Gasteiger partial charge in [-0.25, -0.2) is 0 Å². The lowest BCUT2D eigenvalue weighted by molar-refractivity contribution is -0.120. The predicted molar refractivity (Wildman–Crippen MR) is 313 cm³/mol. The van der Waals surface area contributed by atoms with Crippen LogP contribution in [0.3, 0.4) is 0 Å². The summed E-state index contributed by atoms with van der Waals surface area (Å²) in [5.41, 5.74) is -1.25. The topological polar surface area (TPSA) is 356 Å². The Hall–Kier alpha value is -8.85. The molecule has 4 aromatic rings. The van der Waals surface area contributed by atoms with Crippen LogP contribution in [-0.4, -0.2) is 230 Å². The molecular formula is C59H77N13O13. The molecule has 26 heteroatoms. The lowest BCUT2D eigenvalue weighted by Gasteiger charge is -2.36. The summed E-state index contributed by atoms with van der Waals surface area (Å²) >= 11 is 0. The number of carbonyl (C=O) groups excluding carboxylic acids is 9. The Kier molecular flexibility index (Phi) is 23.8. The number of benzene rings is 4. The molecule has 3 heterocycles. The minimum Gasteiger partial charge on any atom is -0.506 e. The summed E-state index contributed by atoms with van der Waals surface area (Å²) in [6, 6.07) is 16.6. The summed E-state index contributed by atoms with van der Waals surface area (Å²) in [7, 11) is 0. The largest absolute Gasteiger partial charge is 0.506 e. The number of carbonyl (C=O) groups is 9. The maximum atomic E-state index is 14.0. The number of phenolic OH excluding ortho intramolecular Hbond substituents is 4. The molecule has 26 nitrogen and oxygen atoms in total. The van der Waals surface area contributed by atoms with Gasteiger partial charge in [0.1, 0.15) is 23.0 Å². The van der Waals surface area contributed by atoms with Crippen LogP contribution in [0, 0.1) is 0 Å². The van der Waals surface area contributed by atoms with Gasteiger partial charge in [-0.1, -0.05) is 37.6 Å². The molecule has 0 aromatic heterocycles. The molecule has 0 aliphatic carbocycles. The Morgan fingerprint density at radius 2 is 0.659 bits per heavy atom. The average molecular weight is 1180 g/mol. The van der Waals surface area contributed by atoms with Gasteiger partial charge in [0.15, 0.2) is 0 Å². The second-order valence-electron chi connectivity index (χ2n) is 20.7. The Morgan fingerprint density at radius 1 is 0.400 bits per heavy atom. The van der Waals surface area contributed by atoms with Crippen molar-refractivity contribution in [3.8, 4) is 23.0 Å². The van der Waals surface area contributed by atoms with Gasteiger partial charge in [0.05, 0.1) is 44.5 Å². The van der Waals surface area contributed by atoms with E-state index < -0.39 is 76.3 Å². The third-order valence-corrected chi connectivity index (χ3v) is 15.1. The Balaban J connectivity index is 1.34. The van der Waals surface area contributed by atoms with E-state index in [2.05, 4.69) is 47.9 Å². The fourth-order valence-corrected chi connectivity index (χ4v) is 10.3. The van der Waals surface area contributed by atoms with E-state index in [-0.39, 0.29) is 175 Å². The van der Waals surface area contributed by atoms with Gasteiger partial charge in [0.2, 0.25) is 5.91 Å². The van der Waals surface area contributed by atoms with Gasteiger partial charge in [-0.3, -0.25) is 62.8 Å². The van der Waals surface area contributed by atoms with Crippen LogP contribution < -0.4 is 47.9 Å². The van der Waals surface area contributed by atoms with Gasteiger partial charge in [0, 0.05) is 143 Å². The Labute approximate surface area is 492 Å². The van der Waals surface area contributed by atoms with E-state index in [9.17, 15) is 63.6 Å². The first-order valence-corrected chi connectivity index (χ1v) is 28.8. The zero-order valence-electron chi connectivity index (χ0n) is 47.7. The first kappa shape index (κ1) is 63.7. The van der Waals surface area contributed by atoms with E-state index in [4.69, 9.17) is 0 Å². The molecule has 7 rings (SSSR count). The SMILES string of the molecule is CCC(=O)NCCCCC1CN2CCNC(=O)c3cccc(c3O)C(=O)NCCN(CCNC(=O)c3cccc(c3O)C(=O)NCC2)CCN2CCNC(=O)c3cccc(c3O)C(=O)NCCN1CCNC(=O)c1cccc(c1O)C(=O)NCC2. The average Bonchev–Trinajstić information content (AvgIpc) is 3.59. The van der Waals surface area contributed by atoms with Gasteiger partial charge in [-0.15, -0.1) is 0 Å². The number of nitrogens with one attached hydrogen (secondary N) is 9. The van der Waals surface area contributed by atoms with E-state index >= 15 is 0 Å². The normalized spacial score (nSPS) is 21.6. The van der Waals surface area contributed by atoms with Gasteiger partial charge >= 0.3 is 0 Å². The molecule has 12 bridgehead atoms. The number of aromatic hydroxyl groups is 4. The number of hydrogen-bond donors (Lipinski definition) is 13. The third kappa shape index (κ3) is 17.8. The first-order valence-electron chi connectivity index (χ1n) is 28.8. The van der Waals surface area contributed by atoms with E-state index in [1.807, 2.05) is 19.6 Å². The van der Waals surface area contributed by atoms with Crippen molar-refractivity contribution in [2.24, 2.45) is 0 Å². The van der Waals surface area contributed by atoms with Crippen molar-refractivity contribution in [1.29, 1.82) is 0 Å². The summed E-state index contributed by atoms with van der Waals surface area (Å²) in [4.78, 5) is 131. The highest BCUT2D eigenvalue weighted by atomic mass is 16.3. The van der Waals surface area contributed by atoms with Crippen LogP contribution in [0.2, 0.25) is 0 Å². The molecule has 13 N–H and O–H groups in total.